The van der Waals surface area contributed by atoms with E-state index in [9.17, 15) is 14.4 Å². The normalized spacial score (nSPS) is 11.6. The Balaban J connectivity index is 1.64. The Morgan fingerprint density at radius 2 is 1.87 bits per heavy atom. The van der Waals surface area contributed by atoms with Crippen molar-refractivity contribution in [3.05, 3.63) is 76.6 Å². The zero-order valence-corrected chi connectivity index (χ0v) is 17.1. The molecule has 7 nitrogen and oxygen atoms in total. The van der Waals surface area contributed by atoms with Gasteiger partial charge in [-0.05, 0) is 42.2 Å². The van der Waals surface area contributed by atoms with E-state index in [-0.39, 0.29) is 12.4 Å². The van der Waals surface area contributed by atoms with E-state index in [4.69, 9.17) is 13.9 Å². The van der Waals surface area contributed by atoms with E-state index in [1.165, 1.54) is 12.1 Å². The summed E-state index contributed by atoms with van der Waals surface area (Å²) in [7, 11) is 0. The molecule has 3 rings (SSSR count). The lowest BCUT2D eigenvalue weighted by molar-refractivity contribution is -0.136. The third kappa shape index (κ3) is 6.12. The van der Waals surface area contributed by atoms with Crippen LogP contribution in [0.25, 0.3) is 11.0 Å². The molecule has 0 bridgehead atoms. The molecule has 30 heavy (non-hydrogen) atoms. The van der Waals surface area contributed by atoms with Gasteiger partial charge in [0.2, 0.25) is 0 Å². The van der Waals surface area contributed by atoms with Crippen LogP contribution in [0.2, 0.25) is 0 Å². The van der Waals surface area contributed by atoms with Crippen LogP contribution in [0, 0.1) is 0 Å². The minimum atomic E-state index is -0.876. The standard InChI is InChI=1S/C22H21NO6S/c1-30-12-11-18(23-22(26)27-14-15-5-3-2-4-6-15)21(25)28-17-9-7-16-8-10-20(24)29-19(16)13-17/h2-10,13,18H,11-12,14H2,1H3,(H,23,26)/t18-/m0/s1. The second-order valence-electron chi connectivity index (χ2n) is 6.42. The van der Waals surface area contributed by atoms with Gasteiger partial charge < -0.3 is 19.2 Å². The number of nitrogens with one attached hydrogen (secondary N) is 1. The van der Waals surface area contributed by atoms with Crippen LogP contribution in [0.4, 0.5) is 4.79 Å². The third-order valence-corrected chi connectivity index (χ3v) is 4.86. The van der Waals surface area contributed by atoms with Crippen molar-refractivity contribution in [3.8, 4) is 5.75 Å². The molecule has 0 aliphatic rings. The monoisotopic (exact) mass is 427 g/mol. The number of carbonyl (C=O) groups excluding carboxylic acids is 2. The van der Waals surface area contributed by atoms with Crippen molar-refractivity contribution in [2.75, 3.05) is 12.0 Å². The molecule has 156 valence electrons. The Hall–Kier alpha value is -3.26. The van der Waals surface area contributed by atoms with Crippen molar-refractivity contribution in [1.29, 1.82) is 0 Å². The molecule has 0 unspecified atom stereocenters. The van der Waals surface area contributed by atoms with E-state index in [2.05, 4.69) is 5.32 Å². The van der Waals surface area contributed by atoms with Crippen LogP contribution in [0.15, 0.2) is 69.9 Å². The Morgan fingerprint density at radius 3 is 2.63 bits per heavy atom. The first kappa shape index (κ1) is 21.4. The van der Waals surface area contributed by atoms with E-state index in [1.54, 1.807) is 30.0 Å². The first-order chi connectivity index (χ1) is 14.5. The lowest BCUT2D eigenvalue weighted by Crippen LogP contribution is -2.43. The number of thioether (sulfide) groups is 1. The van der Waals surface area contributed by atoms with Crippen LogP contribution in [0.5, 0.6) is 5.75 Å². The molecule has 1 atom stereocenters. The Kier molecular flexibility index (Phi) is 7.51. The summed E-state index contributed by atoms with van der Waals surface area (Å²) in [5, 5.41) is 3.27. The van der Waals surface area contributed by atoms with Gasteiger partial charge in [-0.15, -0.1) is 0 Å². The maximum absolute atomic E-state index is 12.6. The molecule has 0 saturated carbocycles. The molecule has 1 N–H and O–H groups in total. The van der Waals surface area contributed by atoms with E-state index in [0.717, 1.165) is 5.56 Å². The average molecular weight is 427 g/mol. The number of carbonyl (C=O) groups is 2. The Labute approximate surface area is 177 Å². The summed E-state index contributed by atoms with van der Waals surface area (Å²) < 4.78 is 15.7. The molecule has 1 aromatic heterocycles. The summed E-state index contributed by atoms with van der Waals surface area (Å²) in [6.07, 6.45) is 1.58. The van der Waals surface area contributed by atoms with Crippen molar-refractivity contribution in [2.45, 2.75) is 19.1 Å². The molecule has 0 saturated heterocycles. The van der Waals surface area contributed by atoms with Crippen molar-refractivity contribution >= 4 is 34.8 Å². The number of amides is 1. The number of fused-ring (bicyclic) bond motifs is 1. The van der Waals surface area contributed by atoms with E-state index >= 15 is 0 Å². The minimum absolute atomic E-state index is 0.0979. The van der Waals surface area contributed by atoms with Gasteiger partial charge in [0.05, 0.1) is 0 Å². The van der Waals surface area contributed by atoms with Gasteiger partial charge >= 0.3 is 17.7 Å². The van der Waals surface area contributed by atoms with Gasteiger partial charge in [0.1, 0.15) is 24.0 Å². The van der Waals surface area contributed by atoms with Gasteiger partial charge in [0.15, 0.2) is 0 Å². The fourth-order valence-electron chi connectivity index (χ4n) is 2.68. The van der Waals surface area contributed by atoms with Gasteiger partial charge in [0.25, 0.3) is 0 Å². The summed E-state index contributed by atoms with van der Waals surface area (Å²) in [4.78, 5) is 36.2. The summed E-state index contributed by atoms with van der Waals surface area (Å²) in [5.74, 6) is 0.236. The van der Waals surface area contributed by atoms with Crippen LogP contribution in [0.3, 0.4) is 0 Å². The van der Waals surface area contributed by atoms with Crippen LogP contribution < -0.4 is 15.7 Å². The van der Waals surface area contributed by atoms with Crippen molar-refractivity contribution in [1.82, 2.24) is 5.32 Å². The highest BCUT2D eigenvalue weighted by Gasteiger charge is 2.23. The maximum atomic E-state index is 12.6. The zero-order chi connectivity index (χ0) is 21.3. The summed E-state index contributed by atoms with van der Waals surface area (Å²) >= 11 is 1.54. The molecule has 0 aliphatic heterocycles. The third-order valence-electron chi connectivity index (χ3n) is 4.21. The number of hydrogen-bond acceptors (Lipinski definition) is 7. The number of benzene rings is 2. The molecule has 0 radical (unpaired) electrons. The molecule has 0 aliphatic carbocycles. The van der Waals surface area contributed by atoms with Crippen molar-refractivity contribution in [3.63, 3.8) is 0 Å². The molecular formula is C22H21NO6S. The Bertz CT molecular complexity index is 1070. The van der Waals surface area contributed by atoms with Crippen LogP contribution in [0.1, 0.15) is 12.0 Å². The molecule has 8 heteroatoms. The minimum Gasteiger partial charge on any atom is -0.445 e. The molecule has 1 heterocycles. The molecule has 0 spiro atoms. The van der Waals surface area contributed by atoms with Gasteiger partial charge in [-0.2, -0.15) is 11.8 Å². The fraction of sp³-hybridized carbons (Fsp3) is 0.227. The maximum Gasteiger partial charge on any atom is 0.408 e. The molecular weight excluding hydrogens is 406 g/mol. The highest BCUT2D eigenvalue weighted by Crippen LogP contribution is 2.20. The fourth-order valence-corrected chi connectivity index (χ4v) is 3.15. The van der Waals surface area contributed by atoms with E-state index in [0.29, 0.717) is 23.1 Å². The Morgan fingerprint density at radius 1 is 1.10 bits per heavy atom. The topological polar surface area (TPSA) is 94.8 Å². The smallest absolute Gasteiger partial charge is 0.408 e. The second kappa shape index (κ2) is 10.5. The first-order valence-electron chi connectivity index (χ1n) is 9.27. The molecule has 3 aromatic rings. The van der Waals surface area contributed by atoms with Crippen LogP contribution >= 0.6 is 11.8 Å². The van der Waals surface area contributed by atoms with Gasteiger partial charge in [-0.1, -0.05) is 30.3 Å². The number of alkyl carbamates (subject to hydrolysis) is 1. The number of esters is 1. The highest BCUT2D eigenvalue weighted by molar-refractivity contribution is 7.98. The van der Waals surface area contributed by atoms with Gasteiger partial charge in [-0.3, -0.25) is 0 Å². The largest absolute Gasteiger partial charge is 0.445 e. The predicted molar refractivity (Wildman–Crippen MR) is 115 cm³/mol. The quantitative estimate of drug-likeness (QED) is 0.332. The molecule has 1 amide bonds. The first-order valence-corrected chi connectivity index (χ1v) is 10.7. The molecule has 0 fully saturated rings. The van der Waals surface area contributed by atoms with Crippen molar-refractivity contribution in [2.24, 2.45) is 0 Å². The molecule has 2 aromatic carbocycles. The van der Waals surface area contributed by atoms with Crippen LogP contribution in [-0.4, -0.2) is 30.1 Å². The summed E-state index contributed by atoms with van der Waals surface area (Å²) in [5.41, 5.74) is 0.656. The van der Waals surface area contributed by atoms with E-state index in [1.807, 2.05) is 36.6 Å². The lowest BCUT2D eigenvalue weighted by Gasteiger charge is -2.17. The van der Waals surface area contributed by atoms with Crippen molar-refractivity contribution < 1.29 is 23.5 Å². The van der Waals surface area contributed by atoms with E-state index < -0.39 is 23.7 Å². The van der Waals surface area contributed by atoms with Gasteiger partial charge in [0, 0.05) is 17.5 Å². The second-order valence-corrected chi connectivity index (χ2v) is 7.40. The average Bonchev–Trinajstić information content (AvgIpc) is 2.75. The SMILES string of the molecule is CSCC[C@H](NC(=O)OCc1ccccc1)C(=O)Oc1ccc2ccc(=O)oc2c1. The summed E-state index contributed by atoms with van der Waals surface area (Å²) in [6.45, 7) is 0.0979. The number of hydrogen-bond donors (Lipinski definition) is 1. The predicted octanol–water partition coefficient (Wildman–Crippen LogP) is 3.75. The zero-order valence-electron chi connectivity index (χ0n) is 16.3. The highest BCUT2D eigenvalue weighted by atomic mass is 32.2. The number of rotatable bonds is 8. The lowest BCUT2D eigenvalue weighted by atomic mass is 10.2. The number of ether oxygens (including phenoxy) is 2. The van der Waals surface area contributed by atoms with Crippen LogP contribution in [-0.2, 0) is 16.1 Å². The summed E-state index contributed by atoms with van der Waals surface area (Å²) in [6, 6.07) is 16.1. The van der Waals surface area contributed by atoms with Gasteiger partial charge in [-0.25, -0.2) is 14.4 Å².